The third-order valence-corrected chi connectivity index (χ3v) is 4.73. The summed E-state index contributed by atoms with van der Waals surface area (Å²) in [5, 5.41) is 14.5. The minimum atomic E-state index is -0.850. The molecule has 7 nitrogen and oxygen atoms in total. The minimum absolute atomic E-state index is 0.221. The zero-order chi connectivity index (χ0) is 17.1. The Kier molecular flexibility index (Phi) is 4.69. The van der Waals surface area contributed by atoms with Gasteiger partial charge in [0.15, 0.2) is 0 Å². The van der Waals surface area contributed by atoms with Crippen LogP contribution in [0.25, 0.3) is 0 Å². The lowest BCUT2D eigenvalue weighted by atomic mass is 9.89. The van der Waals surface area contributed by atoms with Gasteiger partial charge in [0.2, 0.25) is 11.8 Å². The van der Waals surface area contributed by atoms with Crippen LogP contribution in [0.3, 0.4) is 0 Å². The van der Waals surface area contributed by atoms with Gasteiger partial charge in [-0.25, -0.2) is 4.79 Å². The lowest BCUT2D eigenvalue weighted by Crippen LogP contribution is -2.47. The largest absolute Gasteiger partial charge is 0.465 e. The summed E-state index contributed by atoms with van der Waals surface area (Å²) in [6.07, 6.45) is 1.65. The third kappa shape index (κ3) is 3.67. The topological polar surface area (TPSA) is 98.7 Å². The number of carboxylic acid groups (broad SMARTS) is 1. The van der Waals surface area contributed by atoms with Gasteiger partial charge in [0.05, 0.1) is 0 Å². The first-order chi connectivity index (χ1) is 11.5. The van der Waals surface area contributed by atoms with Crippen molar-refractivity contribution in [2.75, 3.05) is 18.4 Å². The van der Waals surface area contributed by atoms with Crippen molar-refractivity contribution in [2.24, 2.45) is 0 Å². The number of anilines is 1. The second-order valence-electron chi connectivity index (χ2n) is 6.31. The van der Waals surface area contributed by atoms with Crippen molar-refractivity contribution >= 4 is 23.6 Å². The van der Waals surface area contributed by atoms with Crippen LogP contribution >= 0.6 is 0 Å². The van der Waals surface area contributed by atoms with Crippen LogP contribution in [0.1, 0.15) is 37.2 Å². The Morgan fingerprint density at radius 2 is 1.79 bits per heavy atom. The molecule has 3 amide bonds. The fraction of sp³-hybridized carbons (Fsp3) is 0.471. The molecule has 1 unspecified atom stereocenters. The highest BCUT2D eigenvalue weighted by Gasteiger charge is 2.26. The predicted molar refractivity (Wildman–Crippen MR) is 87.8 cm³/mol. The van der Waals surface area contributed by atoms with E-state index >= 15 is 0 Å². The Morgan fingerprint density at radius 1 is 1.12 bits per heavy atom. The Bertz CT molecular complexity index is 636. The van der Waals surface area contributed by atoms with Crippen LogP contribution in [0.5, 0.6) is 0 Å². The third-order valence-electron chi connectivity index (χ3n) is 4.73. The SMILES string of the molecule is O=C1CCC(Nc2ccc(C3CCN(C(=O)O)CC3)cc2)C(=O)N1. The van der Waals surface area contributed by atoms with Crippen LogP contribution in [0.2, 0.25) is 0 Å². The van der Waals surface area contributed by atoms with E-state index in [1.54, 1.807) is 0 Å². The summed E-state index contributed by atoms with van der Waals surface area (Å²) < 4.78 is 0. The summed E-state index contributed by atoms with van der Waals surface area (Å²) in [7, 11) is 0. The molecule has 1 aromatic rings. The Hall–Kier alpha value is -2.57. The maximum atomic E-state index is 11.8. The van der Waals surface area contributed by atoms with Crippen LogP contribution < -0.4 is 10.6 Å². The van der Waals surface area contributed by atoms with Gasteiger partial charge in [0, 0.05) is 25.2 Å². The number of carbonyl (C=O) groups excluding carboxylic acids is 2. The predicted octanol–water partition coefficient (Wildman–Crippen LogP) is 1.76. The number of nitrogens with one attached hydrogen (secondary N) is 2. The number of hydrogen-bond donors (Lipinski definition) is 3. The molecule has 0 aliphatic carbocycles. The molecule has 0 radical (unpaired) electrons. The first-order valence-corrected chi connectivity index (χ1v) is 8.21. The number of rotatable bonds is 3. The summed E-state index contributed by atoms with van der Waals surface area (Å²) in [4.78, 5) is 35.3. The fourth-order valence-electron chi connectivity index (χ4n) is 3.29. The van der Waals surface area contributed by atoms with Gasteiger partial charge < -0.3 is 15.3 Å². The number of carbonyl (C=O) groups is 3. The minimum Gasteiger partial charge on any atom is -0.465 e. The van der Waals surface area contributed by atoms with E-state index in [1.807, 2.05) is 24.3 Å². The molecule has 0 spiro atoms. The molecule has 1 atom stereocenters. The highest BCUT2D eigenvalue weighted by molar-refractivity contribution is 6.01. The van der Waals surface area contributed by atoms with Crippen LogP contribution in [0, 0.1) is 0 Å². The van der Waals surface area contributed by atoms with Gasteiger partial charge in [-0.1, -0.05) is 12.1 Å². The molecule has 7 heteroatoms. The summed E-state index contributed by atoms with van der Waals surface area (Å²) >= 11 is 0. The molecular weight excluding hydrogens is 310 g/mol. The van der Waals surface area contributed by atoms with Crippen LogP contribution in [0.4, 0.5) is 10.5 Å². The molecule has 2 aliphatic rings. The number of piperidine rings is 2. The van der Waals surface area contributed by atoms with Crippen LogP contribution in [-0.4, -0.2) is 47.0 Å². The number of imide groups is 1. The van der Waals surface area contributed by atoms with Crippen molar-refractivity contribution in [3.8, 4) is 0 Å². The van der Waals surface area contributed by atoms with Gasteiger partial charge in [-0.3, -0.25) is 14.9 Å². The van der Waals surface area contributed by atoms with E-state index in [9.17, 15) is 14.4 Å². The lowest BCUT2D eigenvalue weighted by Gasteiger charge is -2.30. The van der Waals surface area contributed by atoms with E-state index < -0.39 is 6.09 Å². The summed E-state index contributed by atoms with van der Waals surface area (Å²) in [5.41, 5.74) is 2.03. The smallest absolute Gasteiger partial charge is 0.407 e. The van der Waals surface area contributed by atoms with Crippen molar-refractivity contribution in [1.82, 2.24) is 10.2 Å². The summed E-state index contributed by atoms with van der Waals surface area (Å²) in [6, 6.07) is 7.53. The van der Waals surface area contributed by atoms with Gasteiger partial charge in [-0.05, 0) is 42.9 Å². The van der Waals surface area contributed by atoms with Crippen molar-refractivity contribution in [3.63, 3.8) is 0 Å². The number of benzene rings is 1. The first-order valence-electron chi connectivity index (χ1n) is 8.21. The highest BCUT2D eigenvalue weighted by atomic mass is 16.4. The molecular formula is C17H21N3O4. The molecule has 128 valence electrons. The van der Waals surface area contributed by atoms with Gasteiger partial charge in [0.1, 0.15) is 6.04 Å². The first kappa shape index (κ1) is 16.3. The van der Waals surface area contributed by atoms with Crippen molar-refractivity contribution in [3.05, 3.63) is 29.8 Å². The molecule has 2 heterocycles. The number of amides is 3. The fourth-order valence-corrected chi connectivity index (χ4v) is 3.29. The van der Waals surface area contributed by atoms with E-state index in [1.165, 1.54) is 10.5 Å². The van der Waals surface area contributed by atoms with E-state index in [0.717, 1.165) is 18.5 Å². The molecule has 2 saturated heterocycles. The molecule has 3 rings (SSSR count). The second kappa shape index (κ2) is 6.90. The number of likely N-dealkylation sites (tertiary alicyclic amines) is 1. The van der Waals surface area contributed by atoms with Crippen LogP contribution in [0.15, 0.2) is 24.3 Å². The lowest BCUT2D eigenvalue weighted by molar-refractivity contribution is -0.133. The Morgan fingerprint density at radius 3 is 2.38 bits per heavy atom. The molecule has 0 saturated carbocycles. The van der Waals surface area contributed by atoms with Gasteiger partial charge >= 0.3 is 6.09 Å². The normalized spacial score (nSPS) is 22.2. The van der Waals surface area contributed by atoms with Crippen molar-refractivity contribution in [2.45, 2.75) is 37.6 Å². The maximum Gasteiger partial charge on any atom is 0.407 e. The molecule has 0 aromatic heterocycles. The summed E-state index contributed by atoms with van der Waals surface area (Å²) in [6.45, 7) is 1.13. The zero-order valence-electron chi connectivity index (χ0n) is 13.3. The second-order valence-corrected chi connectivity index (χ2v) is 6.31. The molecule has 3 N–H and O–H groups in total. The standard InChI is InChI=1S/C17H21N3O4/c21-15-6-5-14(16(22)19-15)18-13-3-1-11(2-4-13)12-7-9-20(10-8-12)17(23)24/h1-4,12,14,18H,5-10H2,(H,23,24)(H,19,21,22). The molecule has 2 fully saturated rings. The molecule has 24 heavy (non-hydrogen) atoms. The van der Waals surface area contributed by atoms with E-state index in [2.05, 4.69) is 10.6 Å². The average Bonchev–Trinajstić information content (AvgIpc) is 2.58. The monoisotopic (exact) mass is 331 g/mol. The van der Waals surface area contributed by atoms with Crippen LogP contribution in [-0.2, 0) is 9.59 Å². The summed E-state index contributed by atoms with van der Waals surface area (Å²) in [5.74, 6) is -0.136. The Balaban J connectivity index is 1.57. The zero-order valence-corrected chi connectivity index (χ0v) is 13.3. The van der Waals surface area contributed by atoms with Gasteiger partial charge in [-0.2, -0.15) is 0 Å². The maximum absolute atomic E-state index is 11.8. The molecule has 0 bridgehead atoms. The average molecular weight is 331 g/mol. The van der Waals surface area contributed by atoms with E-state index in [4.69, 9.17) is 5.11 Å². The van der Waals surface area contributed by atoms with Gasteiger partial charge in [-0.15, -0.1) is 0 Å². The van der Waals surface area contributed by atoms with E-state index in [-0.39, 0.29) is 17.9 Å². The molecule has 2 aliphatic heterocycles. The van der Waals surface area contributed by atoms with Crippen molar-refractivity contribution in [1.29, 1.82) is 0 Å². The van der Waals surface area contributed by atoms with E-state index in [0.29, 0.717) is 31.8 Å². The van der Waals surface area contributed by atoms with Crippen molar-refractivity contribution < 1.29 is 19.5 Å². The quantitative estimate of drug-likeness (QED) is 0.733. The Labute approximate surface area is 140 Å². The molecule has 1 aromatic carbocycles. The highest BCUT2D eigenvalue weighted by Crippen LogP contribution is 2.29. The number of nitrogens with zero attached hydrogens (tertiary/aromatic N) is 1. The van der Waals surface area contributed by atoms with Gasteiger partial charge in [0.25, 0.3) is 0 Å². The number of hydrogen-bond acceptors (Lipinski definition) is 4.